The molecule has 1 amide bonds. The summed E-state index contributed by atoms with van der Waals surface area (Å²) in [7, 11) is 0. The van der Waals surface area contributed by atoms with Crippen molar-refractivity contribution in [2.75, 3.05) is 6.61 Å². The second-order valence-electron chi connectivity index (χ2n) is 5.07. The van der Waals surface area contributed by atoms with Gasteiger partial charge in [0.1, 0.15) is 5.75 Å². The maximum atomic E-state index is 11.3. The normalized spacial score (nSPS) is 12.2. The van der Waals surface area contributed by atoms with Gasteiger partial charge in [-0.05, 0) is 13.0 Å². The Labute approximate surface area is 123 Å². The number of nitrogens with zero attached hydrogens (tertiary/aromatic N) is 1. The number of nitro benzene ring substituents is 1. The lowest BCUT2D eigenvalue weighted by Gasteiger charge is -2.18. The molecule has 0 bridgehead atoms. The molecule has 1 atom stereocenters. The highest BCUT2D eigenvalue weighted by Crippen LogP contribution is 2.27. The minimum Gasteiger partial charge on any atom is -0.493 e. The summed E-state index contributed by atoms with van der Waals surface area (Å²) in [6, 6.07) is 4.30. The first-order chi connectivity index (χ1) is 9.82. The second-order valence-corrected chi connectivity index (χ2v) is 5.07. The average molecular weight is 295 g/mol. The van der Waals surface area contributed by atoms with Crippen molar-refractivity contribution in [3.05, 3.63) is 33.9 Å². The van der Waals surface area contributed by atoms with Gasteiger partial charge in [-0.1, -0.05) is 19.9 Å². The molecule has 0 aliphatic heterocycles. The van der Waals surface area contributed by atoms with Gasteiger partial charge in [-0.25, -0.2) is 0 Å². The topological polar surface area (TPSA) is 107 Å². The van der Waals surface area contributed by atoms with E-state index in [-0.39, 0.29) is 18.3 Å². The molecule has 116 valence electrons. The van der Waals surface area contributed by atoms with Crippen molar-refractivity contribution >= 4 is 11.6 Å². The molecule has 0 saturated heterocycles. The standard InChI is InChI=1S/C14H21N3O4/c1-9(2)16-11(14(15)18)7-8-21-13-6-4-5-12(10(13)3)17(19)20/h4-6,9,11,16H,7-8H2,1-3H3,(H2,15,18). The van der Waals surface area contributed by atoms with Crippen molar-refractivity contribution in [2.45, 2.75) is 39.3 Å². The van der Waals surface area contributed by atoms with Gasteiger partial charge in [0.15, 0.2) is 0 Å². The molecule has 7 heteroatoms. The number of amides is 1. The number of nitrogens with two attached hydrogens (primary N) is 1. The van der Waals surface area contributed by atoms with Gasteiger partial charge in [-0.15, -0.1) is 0 Å². The summed E-state index contributed by atoms with van der Waals surface area (Å²) in [4.78, 5) is 21.7. The third-order valence-corrected chi connectivity index (χ3v) is 2.99. The fraction of sp³-hybridized carbons (Fsp3) is 0.500. The summed E-state index contributed by atoms with van der Waals surface area (Å²) in [5.74, 6) is 0.0000292. The van der Waals surface area contributed by atoms with Gasteiger partial charge in [-0.3, -0.25) is 14.9 Å². The van der Waals surface area contributed by atoms with Crippen molar-refractivity contribution < 1.29 is 14.5 Å². The Kier molecular flexibility index (Phi) is 6.10. The van der Waals surface area contributed by atoms with Gasteiger partial charge in [0, 0.05) is 18.5 Å². The fourth-order valence-corrected chi connectivity index (χ4v) is 1.95. The van der Waals surface area contributed by atoms with Crippen LogP contribution in [0.25, 0.3) is 0 Å². The van der Waals surface area contributed by atoms with E-state index in [1.54, 1.807) is 19.1 Å². The van der Waals surface area contributed by atoms with E-state index in [2.05, 4.69) is 5.32 Å². The van der Waals surface area contributed by atoms with Crippen LogP contribution in [-0.2, 0) is 4.79 Å². The van der Waals surface area contributed by atoms with Crippen molar-refractivity contribution in [3.63, 3.8) is 0 Å². The van der Waals surface area contributed by atoms with Crippen LogP contribution in [0.1, 0.15) is 25.8 Å². The van der Waals surface area contributed by atoms with Gasteiger partial charge >= 0.3 is 0 Å². The number of benzene rings is 1. The van der Waals surface area contributed by atoms with Crippen LogP contribution in [0.2, 0.25) is 0 Å². The zero-order chi connectivity index (χ0) is 16.0. The smallest absolute Gasteiger partial charge is 0.276 e. The van der Waals surface area contributed by atoms with E-state index in [0.29, 0.717) is 17.7 Å². The molecule has 0 saturated carbocycles. The molecule has 0 aromatic heterocycles. The maximum Gasteiger partial charge on any atom is 0.276 e. The molecule has 0 heterocycles. The highest BCUT2D eigenvalue weighted by Gasteiger charge is 2.17. The van der Waals surface area contributed by atoms with Crippen molar-refractivity contribution in [3.8, 4) is 5.75 Å². The molecule has 1 aromatic carbocycles. The van der Waals surface area contributed by atoms with Crippen LogP contribution in [0.5, 0.6) is 5.75 Å². The van der Waals surface area contributed by atoms with E-state index >= 15 is 0 Å². The average Bonchev–Trinajstić information content (AvgIpc) is 2.38. The Balaban J connectivity index is 2.65. The summed E-state index contributed by atoms with van der Waals surface area (Å²) in [6.07, 6.45) is 0.398. The van der Waals surface area contributed by atoms with Gasteiger partial charge < -0.3 is 15.8 Å². The lowest BCUT2D eigenvalue weighted by Crippen LogP contribution is -2.45. The molecule has 1 rings (SSSR count). The summed E-state index contributed by atoms with van der Waals surface area (Å²) in [5, 5.41) is 13.9. The van der Waals surface area contributed by atoms with Gasteiger partial charge in [0.05, 0.1) is 23.1 Å². The molecule has 21 heavy (non-hydrogen) atoms. The fourth-order valence-electron chi connectivity index (χ4n) is 1.95. The molecule has 0 aliphatic rings. The number of ether oxygens (including phenoxy) is 1. The second kappa shape index (κ2) is 7.58. The Morgan fingerprint density at radius 3 is 2.67 bits per heavy atom. The Bertz CT molecular complexity index is 517. The van der Waals surface area contributed by atoms with Crippen LogP contribution < -0.4 is 15.8 Å². The summed E-state index contributed by atoms with van der Waals surface area (Å²) < 4.78 is 5.54. The molecule has 0 fully saturated rings. The van der Waals surface area contributed by atoms with E-state index in [4.69, 9.17) is 10.5 Å². The minimum absolute atomic E-state index is 0.0132. The predicted molar refractivity (Wildman–Crippen MR) is 79.2 cm³/mol. The Morgan fingerprint density at radius 2 is 2.14 bits per heavy atom. The number of primary amides is 1. The van der Waals surface area contributed by atoms with Crippen LogP contribution in [0.4, 0.5) is 5.69 Å². The van der Waals surface area contributed by atoms with E-state index in [9.17, 15) is 14.9 Å². The SMILES string of the molecule is Cc1c(OCCC(NC(C)C)C(N)=O)cccc1[N+](=O)[O-]. The number of hydrogen-bond acceptors (Lipinski definition) is 5. The number of carbonyl (C=O) groups excluding carboxylic acids is 1. The largest absolute Gasteiger partial charge is 0.493 e. The Morgan fingerprint density at radius 1 is 1.48 bits per heavy atom. The number of hydrogen-bond donors (Lipinski definition) is 2. The summed E-state index contributed by atoms with van der Waals surface area (Å²) in [6.45, 7) is 5.71. The molecule has 1 unspecified atom stereocenters. The number of rotatable bonds is 8. The zero-order valence-electron chi connectivity index (χ0n) is 12.5. The van der Waals surface area contributed by atoms with E-state index < -0.39 is 16.9 Å². The van der Waals surface area contributed by atoms with E-state index in [1.807, 2.05) is 13.8 Å². The lowest BCUT2D eigenvalue weighted by molar-refractivity contribution is -0.385. The number of nitro groups is 1. The predicted octanol–water partition coefficient (Wildman–Crippen LogP) is 1.52. The summed E-state index contributed by atoms with van der Waals surface area (Å²) >= 11 is 0. The van der Waals surface area contributed by atoms with E-state index in [0.717, 1.165) is 0 Å². The Hall–Kier alpha value is -2.15. The van der Waals surface area contributed by atoms with Crippen LogP contribution in [0.15, 0.2) is 18.2 Å². The van der Waals surface area contributed by atoms with Gasteiger partial charge in [-0.2, -0.15) is 0 Å². The monoisotopic (exact) mass is 295 g/mol. The molecule has 0 radical (unpaired) electrons. The molecular weight excluding hydrogens is 274 g/mol. The molecular formula is C14H21N3O4. The quantitative estimate of drug-likeness (QED) is 0.558. The first kappa shape index (κ1) is 16.9. The lowest BCUT2D eigenvalue weighted by atomic mass is 10.1. The van der Waals surface area contributed by atoms with Gasteiger partial charge in [0.2, 0.25) is 5.91 Å². The molecule has 0 spiro atoms. The van der Waals surface area contributed by atoms with Crippen molar-refractivity contribution in [1.82, 2.24) is 5.32 Å². The molecule has 0 aliphatic carbocycles. The highest BCUT2D eigenvalue weighted by atomic mass is 16.6. The first-order valence-electron chi connectivity index (χ1n) is 6.75. The van der Waals surface area contributed by atoms with Crippen LogP contribution in [-0.4, -0.2) is 29.5 Å². The number of carbonyl (C=O) groups is 1. The van der Waals surface area contributed by atoms with Crippen LogP contribution >= 0.6 is 0 Å². The minimum atomic E-state index is -0.482. The van der Waals surface area contributed by atoms with Crippen molar-refractivity contribution in [1.29, 1.82) is 0 Å². The van der Waals surface area contributed by atoms with Gasteiger partial charge in [0.25, 0.3) is 5.69 Å². The number of nitrogens with one attached hydrogen (secondary N) is 1. The highest BCUT2D eigenvalue weighted by molar-refractivity contribution is 5.79. The van der Waals surface area contributed by atoms with Crippen LogP contribution in [0.3, 0.4) is 0 Å². The molecule has 1 aromatic rings. The molecule has 3 N–H and O–H groups in total. The van der Waals surface area contributed by atoms with Crippen molar-refractivity contribution in [2.24, 2.45) is 5.73 Å². The van der Waals surface area contributed by atoms with E-state index in [1.165, 1.54) is 6.07 Å². The third kappa shape index (κ3) is 5.03. The third-order valence-electron chi connectivity index (χ3n) is 2.99. The molecule has 7 nitrogen and oxygen atoms in total. The van der Waals surface area contributed by atoms with Crippen LogP contribution in [0, 0.1) is 17.0 Å². The first-order valence-corrected chi connectivity index (χ1v) is 6.75. The summed E-state index contributed by atoms with van der Waals surface area (Å²) in [5.41, 5.74) is 5.79. The zero-order valence-corrected chi connectivity index (χ0v) is 12.5. The maximum absolute atomic E-state index is 11.3.